The average molecular weight is 158 g/mol. The van der Waals surface area contributed by atoms with Crippen molar-refractivity contribution in [3.63, 3.8) is 0 Å². The first-order valence-electron chi connectivity index (χ1n) is 4.20. The number of methoxy groups -OCH3 is 1. The number of rotatable bonds is 4. The maximum atomic E-state index is 9.06. The van der Waals surface area contributed by atoms with Gasteiger partial charge < -0.3 is 9.84 Å². The molecule has 0 atom stereocenters. The van der Waals surface area contributed by atoms with Gasteiger partial charge in [-0.1, -0.05) is 0 Å². The van der Waals surface area contributed by atoms with Crippen LogP contribution in [0.25, 0.3) is 0 Å². The Hall–Kier alpha value is -0.0800. The monoisotopic (exact) mass is 158 g/mol. The minimum absolute atomic E-state index is 0.0702. The smallest absolute Gasteiger partial charge is 0.0628 e. The lowest BCUT2D eigenvalue weighted by Crippen LogP contribution is -2.28. The molecule has 1 saturated carbocycles. The summed E-state index contributed by atoms with van der Waals surface area (Å²) < 4.78 is 5.30. The molecule has 0 aliphatic heterocycles. The summed E-state index contributed by atoms with van der Waals surface area (Å²) in [6, 6.07) is 0. The fourth-order valence-corrected chi connectivity index (χ4v) is 1.54. The van der Waals surface area contributed by atoms with Crippen molar-refractivity contribution in [2.24, 2.45) is 5.41 Å². The van der Waals surface area contributed by atoms with Crippen LogP contribution in [0.3, 0.4) is 0 Å². The molecular formula is C9H18O2. The van der Waals surface area contributed by atoms with E-state index in [0.29, 0.717) is 6.61 Å². The molecule has 0 heterocycles. The Balaban J connectivity index is 2.41. The Morgan fingerprint density at radius 1 is 1.45 bits per heavy atom. The third-order valence-corrected chi connectivity index (χ3v) is 2.65. The van der Waals surface area contributed by atoms with Crippen LogP contribution < -0.4 is 0 Å². The van der Waals surface area contributed by atoms with Crippen molar-refractivity contribution >= 4 is 0 Å². The molecule has 1 aliphatic carbocycles. The first-order valence-corrected chi connectivity index (χ1v) is 4.20. The van der Waals surface area contributed by atoms with Crippen LogP contribution in [-0.2, 0) is 4.74 Å². The van der Waals surface area contributed by atoms with E-state index in [2.05, 4.69) is 13.8 Å². The molecule has 0 saturated heterocycles. The van der Waals surface area contributed by atoms with Gasteiger partial charge in [-0.15, -0.1) is 0 Å². The van der Waals surface area contributed by atoms with Crippen LogP contribution in [0.4, 0.5) is 0 Å². The SMILES string of the molecule is COC(C)(C)CC1(CO)CC1. The van der Waals surface area contributed by atoms with Gasteiger partial charge in [-0.25, -0.2) is 0 Å². The fraction of sp³-hybridized carbons (Fsp3) is 1.00. The van der Waals surface area contributed by atoms with Gasteiger partial charge in [0.15, 0.2) is 0 Å². The molecule has 0 aromatic heterocycles. The van der Waals surface area contributed by atoms with E-state index in [-0.39, 0.29) is 11.0 Å². The topological polar surface area (TPSA) is 29.5 Å². The predicted octanol–water partition coefficient (Wildman–Crippen LogP) is 1.57. The zero-order valence-electron chi connectivity index (χ0n) is 7.68. The molecule has 11 heavy (non-hydrogen) atoms. The lowest BCUT2D eigenvalue weighted by atomic mass is 9.91. The van der Waals surface area contributed by atoms with Crippen molar-refractivity contribution < 1.29 is 9.84 Å². The molecule has 2 nitrogen and oxygen atoms in total. The van der Waals surface area contributed by atoms with E-state index in [1.807, 2.05) is 0 Å². The molecular weight excluding hydrogens is 140 g/mol. The summed E-state index contributed by atoms with van der Waals surface area (Å²) in [7, 11) is 1.73. The van der Waals surface area contributed by atoms with Gasteiger partial charge in [0.05, 0.1) is 5.60 Å². The van der Waals surface area contributed by atoms with Crippen LogP contribution in [0.1, 0.15) is 33.1 Å². The van der Waals surface area contributed by atoms with Crippen LogP contribution in [0, 0.1) is 5.41 Å². The van der Waals surface area contributed by atoms with Gasteiger partial charge in [-0.2, -0.15) is 0 Å². The Labute approximate surface area is 68.6 Å². The molecule has 0 aromatic carbocycles. The van der Waals surface area contributed by atoms with Crippen LogP contribution in [0.15, 0.2) is 0 Å². The van der Waals surface area contributed by atoms with E-state index in [1.165, 1.54) is 0 Å². The minimum Gasteiger partial charge on any atom is -0.396 e. The first-order chi connectivity index (χ1) is 5.04. The van der Waals surface area contributed by atoms with Crippen LogP contribution in [0.5, 0.6) is 0 Å². The van der Waals surface area contributed by atoms with Crippen molar-refractivity contribution in [3.8, 4) is 0 Å². The highest BCUT2D eigenvalue weighted by Gasteiger charge is 2.45. The molecule has 1 aliphatic rings. The number of aliphatic hydroxyl groups is 1. The van der Waals surface area contributed by atoms with Crippen molar-refractivity contribution in [1.82, 2.24) is 0 Å². The molecule has 66 valence electrons. The largest absolute Gasteiger partial charge is 0.396 e. The molecule has 2 heteroatoms. The molecule has 1 fully saturated rings. The quantitative estimate of drug-likeness (QED) is 0.673. The Kier molecular flexibility index (Phi) is 2.26. The van der Waals surface area contributed by atoms with Crippen molar-refractivity contribution in [3.05, 3.63) is 0 Å². The zero-order chi connectivity index (χ0) is 8.54. The maximum absolute atomic E-state index is 9.06. The van der Waals surface area contributed by atoms with Crippen molar-refractivity contribution in [2.75, 3.05) is 13.7 Å². The second-order valence-corrected chi connectivity index (χ2v) is 4.30. The molecule has 0 unspecified atom stereocenters. The predicted molar refractivity (Wildman–Crippen MR) is 44.5 cm³/mol. The van der Waals surface area contributed by atoms with Gasteiger partial charge in [-0.05, 0) is 38.5 Å². The van der Waals surface area contributed by atoms with Crippen molar-refractivity contribution in [2.45, 2.75) is 38.7 Å². The Bertz CT molecular complexity index is 132. The summed E-state index contributed by atoms with van der Waals surface area (Å²) in [5.41, 5.74) is 0.138. The summed E-state index contributed by atoms with van der Waals surface area (Å²) in [5, 5.41) is 9.06. The Morgan fingerprint density at radius 3 is 2.27 bits per heavy atom. The van der Waals surface area contributed by atoms with Crippen LogP contribution >= 0.6 is 0 Å². The molecule has 1 N–H and O–H groups in total. The number of hydrogen-bond donors (Lipinski definition) is 1. The summed E-state index contributed by atoms with van der Waals surface area (Å²) >= 11 is 0. The number of ether oxygens (including phenoxy) is 1. The molecule has 0 spiro atoms. The van der Waals surface area contributed by atoms with Gasteiger partial charge in [0.25, 0.3) is 0 Å². The molecule has 0 amide bonds. The third kappa shape index (κ3) is 2.17. The Morgan fingerprint density at radius 2 is 2.00 bits per heavy atom. The third-order valence-electron chi connectivity index (χ3n) is 2.65. The normalized spacial score (nSPS) is 21.8. The van der Waals surface area contributed by atoms with Crippen molar-refractivity contribution in [1.29, 1.82) is 0 Å². The van der Waals surface area contributed by atoms with Crippen LogP contribution in [-0.4, -0.2) is 24.4 Å². The summed E-state index contributed by atoms with van der Waals surface area (Å²) in [4.78, 5) is 0. The van der Waals surface area contributed by atoms with Gasteiger partial charge in [0.2, 0.25) is 0 Å². The highest BCUT2D eigenvalue weighted by Crippen LogP contribution is 2.51. The summed E-state index contributed by atoms with van der Waals surface area (Å²) in [6.45, 7) is 4.46. The molecule has 1 rings (SSSR count). The zero-order valence-corrected chi connectivity index (χ0v) is 7.68. The van der Waals surface area contributed by atoms with E-state index < -0.39 is 0 Å². The standard InChI is InChI=1S/C9H18O2/c1-8(2,11-3)6-9(7-10)4-5-9/h10H,4-7H2,1-3H3. The summed E-state index contributed by atoms with van der Waals surface area (Å²) in [5.74, 6) is 0. The van der Waals surface area contributed by atoms with E-state index in [1.54, 1.807) is 7.11 Å². The van der Waals surface area contributed by atoms with E-state index in [4.69, 9.17) is 9.84 Å². The van der Waals surface area contributed by atoms with Gasteiger partial charge in [-0.3, -0.25) is 0 Å². The molecule has 0 bridgehead atoms. The van der Waals surface area contributed by atoms with Gasteiger partial charge in [0, 0.05) is 13.7 Å². The van der Waals surface area contributed by atoms with Gasteiger partial charge in [0.1, 0.15) is 0 Å². The van der Waals surface area contributed by atoms with Gasteiger partial charge >= 0.3 is 0 Å². The number of aliphatic hydroxyl groups excluding tert-OH is 1. The molecule has 0 aromatic rings. The second-order valence-electron chi connectivity index (χ2n) is 4.30. The second kappa shape index (κ2) is 2.76. The minimum atomic E-state index is -0.0702. The lowest BCUT2D eigenvalue weighted by Gasteiger charge is -2.27. The van der Waals surface area contributed by atoms with E-state index in [9.17, 15) is 0 Å². The average Bonchev–Trinajstić information content (AvgIpc) is 2.69. The fourth-order valence-electron chi connectivity index (χ4n) is 1.54. The van der Waals surface area contributed by atoms with E-state index >= 15 is 0 Å². The van der Waals surface area contributed by atoms with Crippen LogP contribution in [0.2, 0.25) is 0 Å². The maximum Gasteiger partial charge on any atom is 0.0628 e. The highest BCUT2D eigenvalue weighted by molar-refractivity contribution is 4.96. The summed E-state index contributed by atoms with van der Waals surface area (Å²) in [6.07, 6.45) is 3.31. The highest BCUT2D eigenvalue weighted by atomic mass is 16.5. The first kappa shape index (κ1) is 9.01. The lowest BCUT2D eigenvalue weighted by molar-refractivity contribution is -0.0103. The molecule has 0 radical (unpaired) electrons. The van der Waals surface area contributed by atoms with E-state index in [0.717, 1.165) is 19.3 Å². The number of hydrogen-bond acceptors (Lipinski definition) is 2.